The second-order valence-electron chi connectivity index (χ2n) is 6.39. The Bertz CT molecular complexity index is 1020. The first-order valence-corrected chi connectivity index (χ1v) is 8.77. The van der Waals surface area contributed by atoms with Crippen LogP contribution in [-0.2, 0) is 24.4 Å². The van der Waals surface area contributed by atoms with Crippen molar-refractivity contribution in [2.24, 2.45) is 0 Å². The van der Waals surface area contributed by atoms with E-state index in [1.165, 1.54) is 17.2 Å². The number of halogens is 1. The summed E-state index contributed by atoms with van der Waals surface area (Å²) in [5, 5.41) is 10.7. The van der Waals surface area contributed by atoms with Gasteiger partial charge >= 0.3 is 0 Å². The summed E-state index contributed by atoms with van der Waals surface area (Å²) in [6, 6.07) is 9.73. The van der Waals surface area contributed by atoms with Crippen LogP contribution in [0, 0.1) is 5.82 Å². The Morgan fingerprint density at radius 3 is 2.86 bits per heavy atom. The molecule has 0 aliphatic carbocycles. The van der Waals surface area contributed by atoms with E-state index in [0.717, 1.165) is 0 Å². The van der Waals surface area contributed by atoms with Gasteiger partial charge in [-0.25, -0.2) is 9.07 Å². The number of hydrogen-bond acceptors (Lipinski definition) is 5. The summed E-state index contributed by atoms with van der Waals surface area (Å²) in [7, 11) is 0. The van der Waals surface area contributed by atoms with Crippen LogP contribution in [0.15, 0.2) is 48.8 Å². The monoisotopic (exact) mass is 380 g/mol. The Kier molecular flexibility index (Phi) is 4.79. The van der Waals surface area contributed by atoms with E-state index in [1.54, 1.807) is 41.2 Å². The summed E-state index contributed by atoms with van der Waals surface area (Å²) in [6.45, 7) is 0.547. The van der Waals surface area contributed by atoms with Gasteiger partial charge in [-0.05, 0) is 18.2 Å². The van der Waals surface area contributed by atoms with E-state index >= 15 is 0 Å². The topological polar surface area (TPSA) is 93.0 Å². The van der Waals surface area contributed by atoms with Crippen molar-refractivity contribution in [3.05, 3.63) is 71.6 Å². The Labute approximate surface area is 160 Å². The zero-order valence-electron chi connectivity index (χ0n) is 14.9. The SMILES string of the molecule is O=C(Nc1cccnc1)c1nnn2c1CN(Cc1ccccc1F)C(=O)CC2. The average Bonchev–Trinajstić information content (AvgIpc) is 3.04. The summed E-state index contributed by atoms with van der Waals surface area (Å²) in [5.41, 5.74) is 1.60. The van der Waals surface area contributed by atoms with Crippen molar-refractivity contribution in [3.8, 4) is 0 Å². The molecule has 1 aliphatic heterocycles. The van der Waals surface area contributed by atoms with Gasteiger partial charge in [0.15, 0.2) is 5.69 Å². The number of amides is 2. The lowest BCUT2D eigenvalue weighted by molar-refractivity contribution is -0.132. The van der Waals surface area contributed by atoms with E-state index in [0.29, 0.717) is 23.5 Å². The fourth-order valence-corrected chi connectivity index (χ4v) is 3.08. The smallest absolute Gasteiger partial charge is 0.278 e. The molecule has 0 fully saturated rings. The number of nitrogens with zero attached hydrogens (tertiary/aromatic N) is 5. The molecule has 28 heavy (non-hydrogen) atoms. The van der Waals surface area contributed by atoms with Crippen molar-refractivity contribution in [1.29, 1.82) is 0 Å². The van der Waals surface area contributed by atoms with Gasteiger partial charge in [-0.2, -0.15) is 0 Å². The first kappa shape index (κ1) is 17.8. The minimum absolute atomic E-state index is 0.111. The standard InChI is InChI=1S/C19H17FN6O2/c20-15-6-2-1-4-13(15)11-25-12-16-18(23-24-26(16)9-7-17(25)27)19(28)22-14-5-3-8-21-10-14/h1-6,8,10H,7,9,11-12H2,(H,22,28). The third-order valence-electron chi connectivity index (χ3n) is 4.52. The Morgan fingerprint density at radius 2 is 2.07 bits per heavy atom. The summed E-state index contributed by atoms with van der Waals surface area (Å²) in [4.78, 5) is 30.6. The summed E-state index contributed by atoms with van der Waals surface area (Å²) in [5.74, 6) is -0.942. The lowest BCUT2D eigenvalue weighted by Crippen LogP contribution is -2.30. The molecule has 1 aliphatic rings. The van der Waals surface area contributed by atoms with Gasteiger partial charge in [-0.1, -0.05) is 23.4 Å². The largest absolute Gasteiger partial charge is 0.332 e. The number of carbonyl (C=O) groups is 2. The molecule has 2 amide bonds. The van der Waals surface area contributed by atoms with E-state index in [2.05, 4.69) is 20.6 Å². The van der Waals surface area contributed by atoms with Crippen LogP contribution in [0.1, 0.15) is 28.2 Å². The normalized spacial score (nSPS) is 13.8. The Balaban J connectivity index is 1.59. The molecule has 0 saturated carbocycles. The highest BCUT2D eigenvalue weighted by Crippen LogP contribution is 2.20. The summed E-state index contributed by atoms with van der Waals surface area (Å²) >= 11 is 0. The Morgan fingerprint density at radius 1 is 1.21 bits per heavy atom. The fraction of sp³-hybridized carbons (Fsp3) is 0.211. The number of carbonyl (C=O) groups excluding carboxylic acids is 2. The van der Waals surface area contributed by atoms with E-state index < -0.39 is 5.91 Å². The van der Waals surface area contributed by atoms with E-state index in [-0.39, 0.29) is 36.9 Å². The molecule has 9 heteroatoms. The zero-order chi connectivity index (χ0) is 19.5. The molecule has 1 aromatic carbocycles. The number of pyridine rings is 1. The third kappa shape index (κ3) is 3.59. The number of aryl methyl sites for hydroxylation is 1. The van der Waals surface area contributed by atoms with Crippen molar-refractivity contribution < 1.29 is 14.0 Å². The maximum Gasteiger partial charge on any atom is 0.278 e. The van der Waals surface area contributed by atoms with Crippen LogP contribution in [-0.4, -0.2) is 36.7 Å². The van der Waals surface area contributed by atoms with Crippen molar-refractivity contribution in [2.45, 2.75) is 26.1 Å². The van der Waals surface area contributed by atoms with Gasteiger partial charge in [0.2, 0.25) is 5.91 Å². The van der Waals surface area contributed by atoms with Gasteiger partial charge < -0.3 is 10.2 Å². The van der Waals surface area contributed by atoms with Crippen LogP contribution < -0.4 is 5.32 Å². The molecule has 142 valence electrons. The highest BCUT2D eigenvalue weighted by Gasteiger charge is 2.28. The van der Waals surface area contributed by atoms with Gasteiger partial charge in [0, 0.05) is 24.7 Å². The van der Waals surface area contributed by atoms with Gasteiger partial charge in [0.05, 0.1) is 30.7 Å². The number of benzene rings is 1. The van der Waals surface area contributed by atoms with Crippen LogP contribution in [0.5, 0.6) is 0 Å². The molecule has 1 N–H and O–H groups in total. The number of fused-ring (bicyclic) bond motifs is 1. The number of aromatic nitrogens is 4. The molecule has 3 aromatic rings. The van der Waals surface area contributed by atoms with Gasteiger partial charge in [-0.3, -0.25) is 14.6 Å². The number of hydrogen-bond donors (Lipinski definition) is 1. The van der Waals surface area contributed by atoms with Crippen LogP contribution in [0.3, 0.4) is 0 Å². The van der Waals surface area contributed by atoms with Gasteiger partial charge in [0.25, 0.3) is 5.91 Å². The van der Waals surface area contributed by atoms with Gasteiger partial charge in [-0.15, -0.1) is 5.10 Å². The van der Waals surface area contributed by atoms with Crippen LogP contribution in [0.2, 0.25) is 0 Å². The van der Waals surface area contributed by atoms with E-state index in [9.17, 15) is 14.0 Å². The minimum Gasteiger partial charge on any atom is -0.332 e. The van der Waals surface area contributed by atoms with Crippen molar-refractivity contribution in [3.63, 3.8) is 0 Å². The fourth-order valence-electron chi connectivity index (χ4n) is 3.08. The molecular weight excluding hydrogens is 363 g/mol. The molecule has 0 radical (unpaired) electrons. The quantitative estimate of drug-likeness (QED) is 0.747. The first-order valence-electron chi connectivity index (χ1n) is 8.77. The average molecular weight is 380 g/mol. The number of anilines is 1. The van der Waals surface area contributed by atoms with Crippen molar-refractivity contribution in [1.82, 2.24) is 24.9 Å². The van der Waals surface area contributed by atoms with E-state index in [4.69, 9.17) is 0 Å². The highest BCUT2D eigenvalue weighted by molar-refractivity contribution is 6.03. The summed E-state index contributed by atoms with van der Waals surface area (Å²) < 4.78 is 15.6. The maximum absolute atomic E-state index is 14.0. The molecule has 0 atom stereocenters. The maximum atomic E-state index is 14.0. The van der Waals surface area contributed by atoms with Gasteiger partial charge in [0.1, 0.15) is 5.82 Å². The number of rotatable bonds is 4. The molecular formula is C19H17FN6O2. The first-order chi connectivity index (χ1) is 13.6. The molecule has 0 bridgehead atoms. The molecule has 3 heterocycles. The van der Waals surface area contributed by atoms with Crippen LogP contribution in [0.25, 0.3) is 0 Å². The van der Waals surface area contributed by atoms with Crippen LogP contribution in [0.4, 0.5) is 10.1 Å². The third-order valence-corrected chi connectivity index (χ3v) is 4.52. The molecule has 0 unspecified atom stereocenters. The molecule has 0 spiro atoms. The van der Waals surface area contributed by atoms with Crippen molar-refractivity contribution >= 4 is 17.5 Å². The minimum atomic E-state index is -0.436. The lowest BCUT2D eigenvalue weighted by atomic mass is 10.2. The lowest BCUT2D eigenvalue weighted by Gasteiger charge is -2.21. The summed E-state index contributed by atoms with van der Waals surface area (Å²) in [6.07, 6.45) is 3.33. The Hall–Kier alpha value is -3.62. The molecule has 4 rings (SSSR count). The second kappa shape index (κ2) is 7.55. The van der Waals surface area contributed by atoms with Crippen LogP contribution >= 0.6 is 0 Å². The van der Waals surface area contributed by atoms with E-state index in [1.807, 2.05) is 0 Å². The molecule has 2 aromatic heterocycles. The zero-order valence-corrected chi connectivity index (χ0v) is 14.9. The predicted molar refractivity (Wildman–Crippen MR) is 97.5 cm³/mol. The second-order valence-corrected chi connectivity index (χ2v) is 6.39. The highest BCUT2D eigenvalue weighted by atomic mass is 19.1. The number of nitrogens with one attached hydrogen (secondary N) is 1. The van der Waals surface area contributed by atoms with Crippen molar-refractivity contribution in [2.75, 3.05) is 5.32 Å². The molecule has 8 nitrogen and oxygen atoms in total. The molecule has 0 saturated heterocycles. The predicted octanol–water partition coefficient (Wildman–Crippen LogP) is 2.00.